The van der Waals surface area contributed by atoms with E-state index < -0.39 is 12.5 Å². The van der Waals surface area contributed by atoms with Crippen LogP contribution in [0, 0.1) is 5.82 Å². The molecule has 2 fully saturated rings. The Labute approximate surface area is 122 Å². The molecule has 1 aromatic carbocycles. The fourth-order valence-corrected chi connectivity index (χ4v) is 2.84. The van der Waals surface area contributed by atoms with Gasteiger partial charge in [-0.3, -0.25) is 0 Å². The molecule has 0 amide bonds. The maximum Gasteiger partial charge on any atom is 0.273 e. The number of halogens is 1. The topological polar surface area (TPSA) is 68.2 Å². The highest BCUT2D eigenvalue weighted by atomic mass is 19.1. The van der Waals surface area contributed by atoms with E-state index in [1.807, 2.05) is 4.90 Å². The van der Waals surface area contributed by atoms with Gasteiger partial charge in [0.15, 0.2) is 0 Å². The van der Waals surface area contributed by atoms with Gasteiger partial charge in [-0.1, -0.05) is 0 Å². The highest BCUT2D eigenvalue weighted by Gasteiger charge is 2.40. The molecule has 1 atom stereocenters. The molecule has 3 rings (SSSR count). The number of aliphatic hydroxyl groups is 2. The lowest BCUT2D eigenvalue weighted by Crippen LogP contribution is -2.48. The third kappa shape index (κ3) is 2.69. The van der Waals surface area contributed by atoms with Crippen molar-refractivity contribution in [2.75, 3.05) is 55.7 Å². The minimum absolute atomic E-state index is 0.290. The van der Waals surface area contributed by atoms with Gasteiger partial charge in [0.05, 0.1) is 12.3 Å². The van der Waals surface area contributed by atoms with E-state index in [9.17, 15) is 14.6 Å². The predicted molar refractivity (Wildman–Crippen MR) is 76.8 cm³/mol. The van der Waals surface area contributed by atoms with E-state index in [0.29, 0.717) is 17.9 Å². The smallest absolute Gasteiger partial charge is 0.273 e. The van der Waals surface area contributed by atoms with Crippen molar-refractivity contribution in [3.8, 4) is 0 Å². The maximum atomic E-state index is 14.4. The molecule has 0 bridgehead atoms. The summed E-state index contributed by atoms with van der Waals surface area (Å²) in [6.07, 6.45) is 0. The van der Waals surface area contributed by atoms with Crippen LogP contribution in [0.15, 0.2) is 18.2 Å². The van der Waals surface area contributed by atoms with Gasteiger partial charge < -0.3 is 30.1 Å². The van der Waals surface area contributed by atoms with Crippen molar-refractivity contribution in [1.29, 1.82) is 0 Å². The van der Waals surface area contributed by atoms with Crippen molar-refractivity contribution >= 4 is 11.4 Å². The lowest BCUT2D eigenvalue weighted by Gasteiger charge is -2.33. The molecular weight excluding hydrogens is 277 g/mol. The van der Waals surface area contributed by atoms with E-state index in [2.05, 4.69) is 5.32 Å². The molecule has 7 heteroatoms. The fraction of sp³-hybridized carbons (Fsp3) is 0.571. The Hall–Kier alpha value is -1.41. The zero-order chi connectivity index (χ0) is 14.9. The summed E-state index contributed by atoms with van der Waals surface area (Å²) in [6.45, 7) is 3.35. The van der Waals surface area contributed by atoms with Crippen LogP contribution in [0.25, 0.3) is 0 Å². The average Bonchev–Trinajstić information content (AvgIpc) is 2.90. The second-order valence-corrected chi connectivity index (χ2v) is 5.27. The van der Waals surface area contributed by atoms with E-state index in [0.717, 1.165) is 26.2 Å². The number of rotatable bonds is 3. The number of piperazine rings is 1. The Morgan fingerprint density at radius 2 is 2.05 bits per heavy atom. The number of hydrogen-bond acceptors (Lipinski definition) is 6. The van der Waals surface area contributed by atoms with Crippen molar-refractivity contribution < 1.29 is 19.3 Å². The quantitative estimate of drug-likeness (QED) is 0.712. The summed E-state index contributed by atoms with van der Waals surface area (Å²) in [6, 6.07) is 4.84. The zero-order valence-corrected chi connectivity index (χ0v) is 11.8. The van der Waals surface area contributed by atoms with Crippen LogP contribution in [-0.2, 0) is 4.74 Å². The van der Waals surface area contributed by atoms with Crippen LogP contribution in [0.3, 0.4) is 0 Å². The van der Waals surface area contributed by atoms with Gasteiger partial charge in [-0.2, -0.15) is 0 Å². The molecule has 0 spiro atoms. The minimum Gasteiger partial charge on any atom is -0.389 e. The molecule has 6 nitrogen and oxygen atoms in total. The van der Waals surface area contributed by atoms with E-state index in [4.69, 9.17) is 4.74 Å². The summed E-state index contributed by atoms with van der Waals surface area (Å²) in [7, 11) is 0. The summed E-state index contributed by atoms with van der Waals surface area (Å²) < 4.78 is 19.5. The van der Waals surface area contributed by atoms with Gasteiger partial charge in [0, 0.05) is 38.4 Å². The molecule has 1 aromatic rings. The number of aliphatic hydroxyl groups excluding tert-OH is 1. The summed E-state index contributed by atoms with van der Waals surface area (Å²) in [5.74, 6) is -2.09. The molecule has 116 valence electrons. The Balaban J connectivity index is 1.84. The van der Waals surface area contributed by atoms with Crippen LogP contribution in [0.1, 0.15) is 0 Å². The maximum absolute atomic E-state index is 14.4. The molecule has 2 aliphatic rings. The largest absolute Gasteiger partial charge is 0.389 e. The second kappa shape index (κ2) is 5.76. The van der Waals surface area contributed by atoms with Crippen molar-refractivity contribution in [2.45, 2.75) is 5.91 Å². The van der Waals surface area contributed by atoms with Crippen LogP contribution in [0.4, 0.5) is 15.8 Å². The highest BCUT2D eigenvalue weighted by Crippen LogP contribution is 2.31. The van der Waals surface area contributed by atoms with Crippen molar-refractivity contribution in [1.82, 2.24) is 5.32 Å². The Kier molecular flexibility index (Phi) is 3.99. The van der Waals surface area contributed by atoms with Crippen molar-refractivity contribution in [3.05, 3.63) is 24.0 Å². The molecular formula is C14H20FN3O3. The molecule has 2 heterocycles. The lowest BCUT2D eigenvalue weighted by molar-refractivity contribution is -0.191. The molecule has 21 heavy (non-hydrogen) atoms. The van der Waals surface area contributed by atoms with Crippen LogP contribution in [-0.4, -0.2) is 62.1 Å². The van der Waals surface area contributed by atoms with Gasteiger partial charge in [-0.15, -0.1) is 0 Å². The first-order valence-electron chi connectivity index (χ1n) is 7.14. The number of nitrogens with zero attached hydrogens (tertiary/aromatic N) is 2. The van der Waals surface area contributed by atoms with E-state index >= 15 is 0 Å². The molecule has 2 aliphatic heterocycles. The van der Waals surface area contributed by atoms with Crippen LogP contribution in [0.2, 0.25) is 0 Å². The first kappa shape index (κ1) is 14.5. The first-order chi connectivity index (χ1) is 10.1. The third-order valence-electron chi connectivity index (χ3n) is 3.98. The van der Waals surface area contributed by atoms with Gasteiger partial charge in [0.1, 0.15) is 12.4 Å². The van der Waals surface area contributed by atoms with E-state index in [1.165, 1.54) is 11.0 Å². The molecule has 3 N–H and O–H groups in total. The standard InChI is InChI=1S/C14H20FN3O3/c15-12-9-11(18-7-8-21-14(18,20)10-19)1-2-13(12)17-5-3-16-4-6-17/h1-2,9,16,19-20H,3-8,10H2/t14-/m1/s1. The van der Waals surface area contributed by atoms with E-state index in [-0.39, 0.29) is 12.4 Å². The number of anilines is 2. The number of hydrogen-bond donors (Lipinski definition) is 3. The number of nitrogens with one attached hydrogen (secondary N) is 1. The van der Waals surface area contributed by atoms with Crippen molar-refractivity contribution in [2.24, 2.45) is 0 Å². The first-order valence-corrected chi connectivity index (χ1v) is 7.14. The van der Waals surface area contributed by atoms with Gasteiger partial charge in [0.2, 0.25) is 0 Å². The van der Waals surface area contributed by atoms with Gasteiger partial charge in [-0.05, 0) is 18.2 Å². The highest BCUT2D eigenvalue weighted by molar-refractivity contribution is 5.58. The average molecular weight is 297 g/mol. The van der Waals surface area contributed by atoms with Crippen LogP contribution < -0.4 is 15.1 Å². The summed E-state index contributed by atoms with van der Waals surface area (Å²) in [5, 5.41) is 22.6. The summed E-state index contributed by atoms with van der Waals surface area (Å²) in [4.78, 5) is 3.46. The lowest BCUT2D eigenvalue weighted by atomic mass is 10.2. The molecule has 0 aliphatic carbocycles. The van der Waals surface area contributed by atoms with E-state index in [1.54, 1.807) is 12.1 Å². The molecule has 0 saturated carbocycles. The van der Waals surface area contributed by atoms with Crippen LogP contribution >= 0.6 is 0 Å². The Morgan fingerprint density at radius 3 is 2.71 bits per heavy atom. The van der Waals surface area contributed by atoms with Gasteiger partial charge >= 0.3 is 0 Å². The SMILES string of the molecule is OC[C@@]1(O)OCCN1c1ccc(N2CCNCC2)c(F)c1. The van der Waals surface area contributed by atoms with Gasteiger partial charge in [0.25, 0.3) is 5.91 Å². The fourth-order valence-electron chi connectivity index (χ4n) is 2.84. The van der Waals surface area contributed by atoms with Crippen LogP contribution in [0.5, 0.6) is 0 Å². The third-order valence-corrected chi connectivity index (χ3v) is 3.98. The predicted octanol–water partition coefficient (Wildman–Crippen LogP) is -0.290. The number of benzene rings is 1. The molecule has 2 saturated heterocycles. The monoisotopic (exact) mass is 297 g/mol. The minimum atomic E-state index is -1.76. The Morgan fingerprint density at radius 1 is 1.29 bits per heavy atom. The summed E-state index contributed by atoms with van der Waals surface area (Å²) >= 11 is 0. The van der Waals surface area contributed by atoms with Crippen molar-refractivity contribution in [3.63, 3.8) is 0 Å². The van der Waals surface area contributed by atoms with Gasteiger partial charge in [-0.25, -0.2) is 4.39 Å². The molecule has 0 aromatic heterocycles. The Bertz CT molecular complexity index is 510. The second-order valence-electron chi connectivity index (χ2n) is 5.27. The molecule has 0 unspecified atom stereocenters. The zero-order valence-electron chi connectivity index (χ0n) is 11.8. The molecule has 0 radical (unpaired) electrons. The number of ether oxygens (including phenoxy) is 1. The normalized spacial score (nSPS) is 26.4. The summed E-state index contributed by atoms with van der Waals surface area (Å²) in [5.41, 5.74) is 1.06.